The molecular weight excluding hydrogens is 191 g/mol. The number of imidazole rings is 1. The predicted octanol–water partition coefficient (Wildman–Crippen LogP) is 0.288. The van der Waals surface area contributed by atoms with Gasteiger partial charge in [-0.2, -0.15) is 0 Å². The molecule has 1 rings (SSSR count). The summed E-state index contributed by atoms with van der Waals surface area (Å²) >= 11 is 0. The Hall–Kier alpha value is 0.274. The molecule has 9 heavy (non-hydrogen) atoms. The van der Waals surface area contributed by atoms with Crippen molar-refractivity contribution in [2.45, 2.75) is 6.54 Å². The third kappa shape index (κ3) is 3.09. The molecule has 3 nitrogen and oxygen atoms in total. The molecule has 0 bridgehead atoms. The van der Waals surface area contributed by atoms with Gasteiger partial charge in [0.25, 0.3) is 0 Å². The van der Waals surface area contributed by atoms with Gasteiger partial charge in [0.15, 0.2) is 0 Å². The van der Waals surface area contributed by atoms with E-state index in [0.717, 1.165) is 12.2 Å². The van der Waals surface area contributed by atoms with Gasteiger partial charge in [-0.3, -0.25) is 7.05 Å². The zero-order valence-electron chi connectivity index (χ0n) is 5.09. The summed E-state index contributed by atoms with van der Waals surface area (Å²) in [7, 11) is 3.46. The SMILES string of the molecule is [CH2-]NCc1cnc[nH]1.[Y+3]. The number of nitrogens with one attached hydrogen (secondary N) is 2. The summed E-state index contributed by atoms with van der Waals surface area (Å²) in [6, 6.07) is 0. The van der Waals surface area contributed by atoms with Crippen LogP contribution < -0.4 is 5.32 Å². The molecule has 1 heterocycles. The third-order valence-corrected chi connectivity index (χ3v) is 0.870. The third-order valence-electron chi connectivity index (χ3n) is 0.870. The molecule has 0 aromatic carbocycles. The van der Waals surface area contributed by atoms with Crippen molar-refractivity contribution in [3.8, 4) is 0 Å². The van der Waals surface area contributed by atoms with E-state index in [1.165, 1.54) is 0 Å². The minimum absolute atomic E-state index is 0. The molecule has 0 unspecified atom stereocenters. The average Bonchev–Trinajstić information content (AvgIpc) is 2.19. The first kappa shape index (κ1) is 9.27. The van der Waals surface area contributed by atoms with E-state index in [1.54, 1.807) is 12.5 Å². The first-order chi connectivity index (χ1) is 3.93. The van der Waals surface area contributed by atoms with Crippen LogP contribution in [-0.2, 0) is 39.3 Å². The molecule has 0 aliphatic heterocycles. The first-order valence-corrected chi connectivity index (χ1v) is 2.40. The zero-order valence-corrected chi connectivity index (χ0v) is 7.93. The smallest absolute Gasteiger partial charge is 0.468 e. The maximum atomic E-state index is 3.82. The van der Waals surface area contributed by atoms with E-state index in [4.69, 9.17) is 0 Å². The van der Waals surface area contributed by atoms with E-state index >= 15 is 0 Å². The molecular formula is C5H8N3Y+2. The molecule has 1 aromatic heterocycles. The Morgan fingerprint density at radius 1 is 1.78 bits per heavy atom. The van der Waals surface area contributed by atoms with Gasteiger partial charge < -0.3 is 10.3 Å². The molecule has 0 aliphatic carbocycles. The van der Waals surface area contributed by atoms with Crippen molar-refractivity contribution in [3.63, 3.8) is 0 Å². The van der Waals surface area contributed by atoms with Gasteiger partial charge in [-0.05, 0) is 0 Å². The fourth-order valence-electron chi connectivity index (χ4n) is 0.516. The van der Waals surface area contributed by atoms with E-state index in [9.17, 15) is 0 Å². The molecule has 0 radical (unpaired) electrons. The Bertz CT molecular complexity index is 138. The Balaban J connectivity index is 0.000000640. The van der Waals surface area contributed by atoms with Gasteiger partial charge >= 0.3 is 32.7 Å². The fourth-order valence-corrected chi connectivity index (χ4v) is 0.516. The van der Waals surface area contributed by atoms with Crippen LogP contribution in [0.1, 0.15) is 5.69 Å². The molecule has 1 aromatic rings. The average molecular weight is 199 g/mol. The van der Waals surface area contributed by atoms with Crippen molar-refractivity contribution in [3.05, 3.63) is 25.3 Å². The molecule has 0 spiro atoms. The van der Waals surface area contributed by atoms with Gasteiger partial charge in [0, 0.05) is 18.4 Å². The summed E-state index contributed by atoms with van der Waals surface area (Å²) in [4.78, 5) is 6.74. The van der Waals surface area contributed by atoms with Crippen molar-refractivity contribution in [1.82, 2.24) is 15.3 Å². The van der Waals surface area contributed by atoms with E-state index in [0.29, 0.717) is 0 Å². The van der Waals surface area contributed by atoms with Crippen LogP contribution in [0.4, 0.5) is 0 Å². The number of H-pyrrole nitrogens is 1. The first-order valence-electron chi connectivity index (χ1n) is 2.40. The van der Waals surface area contributed by atoms with Crippen LogP contribution in [0.15, 0.2) is 12.5 Å². The van der Waals surface area contributed by atoms with Crippen molar-refractivity contribution >= 4 is 0 Å². The number of hydrogen-bond donors (Lipinski definition) is 2. The van der Waals surface area contributed by atoms with Crippen molar-refractivity contribution in [2.24, 2.45) is 0 Å². The second kappa shape index (κ2) is 5.09. The second-order valence-electron chi connectivity index (χ2n) is 1.50. The Morgan fingerprint density at radius 2 is 2.56 bits per heavy atom. The van der Waals surface area contributed by atoms with E-state index in [1.807, 2.05) is 0 Å². The Labute approximate surface area is 79.5 Å². The van der Waals surface area contributed by atoms with E-state index in [-0.39, 0.29) is 32.7 Å². The topological polar surface area (TPSA) is 40.7 Å². The minimum Gasteiger partial charge on any atom is -0.468 e. The second-order valence-corrected chi connectivity index (χ2v) is 1.50. The largest absolute Gasteiger partial charge is 3.00 e. The van der Waals surface area contributed by atoms with Crippen LogP contribution in [0.3, 0.4) is 0 Å². The van der Waals surface area contributed by atoms with Crippen LogP contribution >= 0.6 is 0 Å². The van der Waals surface area contributed by atoms with Gasteiger partial charge in [0.05, 0.1) is 6.33 Å². The van der Waals surface area contributed by atoms with Crippen LogP contribution in [0.5, 0.6) is 0 Å². The van der Waals surface area contributed by atoms with E-state index < -0.39 is 0 Å². The monoisotopic (exact) mass is 199 g/mol. The number of aromatic amines is 1. The Morgan fingerprint density at radius 3 is 3.00 bits per heavy atom. The standard InChI is InChI=1S/C5H8N3.Y/c1-6-2-5-3-7-4-8-5;/h3-4,6H,1-2H2,(H,7,8);/q-1;+3. The molecule has 2 N–H and O–H groups in total. The number of rotatable bonds is 2. The predicted molar refractivity (Wildman–Crippen MR) is 30.8 cm³/mol. The van der Waals surface area contributed by atoms with Crippen LogP contribution in [0, 0.1) is 7.05 Å². The summed E-state index contributed by atoms with van der Waals surface area (Å²) in [6.45, 7) is 0.750. The van der Waals surface area contributed by atoms with Gasteiger partial charge in [0.1, 0.15) is 0 Å². The van der Waals surface area contributed by atoms with Gasteiger partial charge in [0.2, 0.25) is 0 Å². The summed E-state index contributed by atoms with van der Waals surface area (Å²) in [5.41, 5.74) is 1.06. The summed E-state index contributed by atoms with van der Waals surface area (Å²) < 4.78 is 0. The Kier molecular flexibility index (Phi) is 5.24. The van der Waals surface area contributed by atoms with Crippen molar-refractivity contribution in [1.29, 1.82) is 0 Å². The fraction of sp³-hybridized carbons (Fsp3) is 0.200. The molecule has 0 atom stereocenters. The number of hydrogen-bond acceptors (Lipinski definition) is 2. The molecule has 0 fully saturated rings. The molecule has 0 saturated heterocycles. The molecule has 0 amide bonds. The van der Waals surface area contributed by atoms with Crippen LogP contribution in [0.25, 0.3) is 0 Å². The van der Waals surface area contributed by atoms with Gasteiger partial charge in [-0.15, -0.1) is 0 Å². The summed E-state index contributed by atoms with van der Waals surface area (Å²) in [5.74, 6) is 0. The molecule has 4 heteroatoms. The minimum atomic E-state index is 0. The molecule has 44 valence electrons. The summed E-state index contributed by atoms with van der Waals surface area (Å²) in [6.07, 6.45) is 3.41. The molecule has 0 aliphatic rings. The quantitative estimate of drug-likeness (QED) is 0.672. The maximum Gasteiger partial charge on any atom is 3.00 e. The number of nitrogens with zero attached hydrogens (tertiary/aromatic N) is 1. The van der Waals surface area contributed by atoms with E-state index in [2.05, 4.69) is 22.3 Å². The zero-order chi connectivity index (χ0) is 5.82. The van der Waals surface area contributed by atoms with Crippen molar-refractivity contribution in [2.75, 3.05) is 0 Å². The van der Waals surface area contributed by atoms with Crippen LogP contribution in [-0.4, -0.2) is 9.97 Å². The van der Waals surface area contributed by atoms with Gasteiger partial charge in [-0.25, -0.2) is 4.98 Å². The normalized spacial score (nSPS) is 8.56. The van der Waals surface area contributed by atoms with Gasteiger partial charge in [-0.1, -0.05) is 0 Å². The number of aromatic nitrogens is 2. The molecule has 0 saturated carbocycles. The summed E-state index contributed by atoms with van der Waals surface area (Å²) in [5, 5.41) is 2.75. The van der Waals surface area contributed by atoms with Crippen LogP contribution in [0.2, 0.25) is 0 Å². The van der Waals surface area contributed by atoms with Crippen molar-refractivity contribution < 1.29 is 32.7 Å². The maximum absolute atomic E-state index is 3.82.